The van der Waals surface area contributed by atoms with Crippen LogP contribution in [0, 0.1) is 0 Å². The molecule has 0 atom stereocenters. The van der Waals surface area contributed by atoms with Crippen molar-refractivity contribution in [1.29, 1.82) is 0 Å². The monoisotopic (exact) mass is 627 g/mol. The molecule has 2 heteroatoms. The van der Waals surface area contributed by atoms with Crippen LogP contribution in [-0.4, -0.2) is 0 Å². The Morgan fingerprint density at radius 1 is 0.429 bits per heavy atom. The summed E-state index contributed by atoms with van der Waals surface area (Å²) in [6.07, 6.45) is 0. The van der Waals surface area contributed by atoms with Gasteiger partial charge in [0, 0.05) is 39.0 Å². The molecule has 0 unspecified atom stereocenters. The van der Waals surface area contributed by atoms with Crippen molar-refractivity contribution in [2.75, 3.05) is 4.90 Å². The second-order valence-corrected chi connectivity index (χ2v) is 13.8. The van der Waals surface area contributed by atoms with Crippen molar-refractivity contribution in [3.63, 3.8) is 0 Å². The van der Waals surface area contributed by atoms with Crippen LogP contribution < -0.4 is 4.90 Å². The standard InChI is InChI=1S/C47H33NO/c1-47(2)42-18-10-8-15-37(42)41-28-33(22-25-43(41)47)48(34-21-24-40-39-17-9-11-19-45(39)49-46(40)29-34)44-27-32-26-31(30-12-4-3-5-13-30)20-23-35(32)36-14-6-7-16-38(36)44/h3-29H,1-2H3. The van der Waals surface area contributed by atoms with Gasteiger partial charge in [-0.3, -0.25) is 0 Å². The summed E-state index contributed by atoms with van der Waals surface area (Å²) in [5.41, 5.74) is 12.8. The maximum absolute atomic E-state index is 6.46. The molecule has 2 nitrogen and oxygen atoms in total. The molecular weight excluding hydrogens is 595 g/mol. The zero-order chi connectivity index (χ0) is 32.7. The number of para-hydroxylation sites is 1. The van der Waals surface area contributed by atoms with Crippen LogP contribution in [0.4, 0.5) is 17.1 Å². The van der Waals surface area contributed by atoms with Crippen LogP contribution in [0.25, 0.3) is 65.7 Å². The lowest BCUT2D eigenvalue weighted by atomic mass is 9.82. The Bertz CT molecular complexity index is 2750. The van der Waals surface area contributed by atoms with E-state index in [4.69, 9.17) is 4.42 Å². The smallest absolute Gasteiger partial charge is 0.137 e. The fourth-order valence-corrected chi connectivity index (χ4v) is 8.22. The first-order chi connectivity index (χ1) is 24.0. The molecule has 0 saturated carbocycles. The Labute approximate surface area is 285 Å². The molecule has 0 radical (unpaired) electrons. The van der Waals surface area contributed by atoms with Crippen molar-refractivity contribution in [2.45, 2.75) is 19.3 Å². The van der Waals surface area contributed by atoms with Gasteiger partial charge in [0.15, 0.2) is 0 Å². The third kappa shape index (κ3) is 4.20. The summed E-state index contributed by atoms with van der Waals surface area (Å²) in [6.45, 7) is 4.68. The van der Waals surface area contributed by atoms with Crippen molar-refractivity contribution in [3.8, 4) is 22.3 Å². The van der Waals surface area contributed by atoms with Gasteiger partial charge in [-0.05, 0) is 92.0 Å². The summed E-state index contributed by atoms with van der Waals surface area (Å²) in [5.74, 6) is 0. The fraction of sp³-hybridized carbons (Fsp3) is 0.0638. The van der Waals surface area contributed by atoms with Crippen molar-refractivity contribution >= 4 is 60.5 Å². The molecule has 1 heterocycles. The van der Waals surface area contributed by atoms with E-state index in [2.05, 4.69) is 170 Å². The Balaban J connectivity index is 1.26. The van der Waals surface area contributed by atoms with Crippen LogP contribution in [0.5, 0.6) is 0 Å². The number of nitrogens with zero attached hydrogens (tertiary/aromatic N) is 1. The number of anilines is 3. The number of furan rings is 1. The Kier molecular flexibility index (Phi) is 5.95. The maximum Gasteiger partial charge on any atom is 0.137 e. The second kappa shape index (κ2) is 10.4. The highest BCUT2D eigenvalue weighted by Crippen LogP contribution is 2.51. The summed E-state index contributed by atoms with van der Waals surface area (Å²) >= 11 is 0. The Morgan fingerprint density at radius 2 is 1.08 bits per heavy atom. The van der Waals surface area contributed by atoms with E-state index >= 15 is 0 Å². The van der Waals surface area contributed by atoms with Gasteiger partial charge in [-0.1, -0.05) is 129 Å². The van der Waals surface area contributed by atoms with Gasteiger partial charge < -0.3 is 9.32 Å². The number of hydrogen-bond acceptors (Lipinski definition) is 2. The van der Waals surface area contributed by atoms with Gasteiger partial charge in [0.1, 0.15) is 11.2 Å². The predicted molar refractivity (Wildman–Crippen MR) is 206 cm³/mol. The average molecular weight is 628 g/mol. The molecule has 0 aliphatic heterocycles. The van der Waals surface area contributed by atoms with Crippen LogP contribution in [-0.2, 0) is 5.41 Å². The summed E-state index contributed by atoms with van der Waals surface area (Å²) < 4.78 is 6.46. The Morgan fingerprint density at radius 3 is 1.96 bits per heavy atom. The SMILES string of the molecule is CC1(C)c2ccccc2-c2cc(N(c3ccc4c(c3)oc3ccccc34)c3cc4cc(-c5ccccc5)ccc4c4ccccc34)ccc21. The van der Waals surface area contributed by atoms with Gasteiger partial charge in [-0.2, -0.15) is 0 Å². The highest BCUT2D eigenvalue weighted by Gasteiger charge is 2.35. The van der Waals surface area contributed by atoms with E-state index in [1.807, 2.05) is 12.1 Å². The first-order valence-corrected chi connectivity index (χ1v) is 17.0. The van der Waals surface area contributed by atoms with Crippen LogP contribution >= 0.6 is 0 Å². The quantitative estimate of drug-likeness (QED) is 0.181. The molecule has 0 bridgehead atoms. The van der Waals surface area contributed by atoms with E-state index in [0.717, 1.165) is 39.0 Å². The topological polar surface area (TPSA) is 16.4 Å². The van der Waals surface area contributed by atoms with E-state index in [1.165, 1.54) is 54.9 Å². The lowest BCUT2D eigenvalue weighted by Crippen LogP contribution is -2.15. The molecule has 10 rings (SSSR count). The minimum absolute atomic E-state index is 0.0635. The first kappa shape index (κ1) is 27.9. The summed E-state index contributed by atoms with van der Waals surface area (Å²) in [6, 6.07) is 59.6. The highest BCUT2D eigenvalue weighted by molar-refractivity contribution is 6.16. The van der Waals surface area contributed by atoms with E-state index in [0.29, 0.717) is 0 Å². The molecule has 9 aromatic rings. The van der Waals surface area contributed by atoms with Crippen molar-refractivity contribution < 1.29 is 4.42 Å². The molecule has 0 fully saturated rings. The molecule has 1 aromatic heterocycles. The van der Waals surface area contributed by atoms with E-state index in [1.54, 1.807) is 0 Å². The molecular formula is C47H33NO. The Hall–Kier alpha value is -6.12. The summed E-state index contributed by atoms with van der Waals surface area (Å²) in [7, 11) is 0. The summed E-state index contributed by atoms with van der Waals surface area (Å²) in [4.78, 5) is 2.43. The van der Waals surface area contributed by atoms with Crippen LogP contribution in [0.3, 0.4) is 0 Å². The number of fused-ring (bicyclic) bond motifs is 9. The van der Waals surface area contributed by atoms with Crippen molar-refractivity contribution in [3.05, 3.63) is 175 Å². The normalized spacial score (nSPS) is 13.3. The number of hydrogen-bond donors (Lipinski definition) is 0. The van der Waals surface area contributed by atoms with Gasteiger partial charge >= 0.3 is 0 Å². The zero-order valence-electron chi connectivity index (χ0n) is 27.4. The molecule has 0 amide bonds. The second-order valence-electron chi connectivity index (χ2n) is 13.8. The van der Waals surface area contributed by atoms with Crippen molar-refractivity contribution in [1.82, 2.24) is 0 Å². The fourth-order valence-electron chi connectivity index (χ4n) is 8.22. The van der Waals surface area contributed by atoms with Crippen LogP contribution in [0.15, 0.2) is 168 Å². The third-order valence-corrected chi connectivity index (χ3v) is 10.6. The van der Waals surface area contributed by atoms with Crippen LogP contribution in [0.2, 0.25) is 0 Å². The maximum atomic E-state index is 6.46. The minimum Gasteiger partial charge on any atom is -0.456 e. The van der Waals surface area contributed by atoms with Crippen LogP contribution in [0.1, 0.15) is 25.0 Å². The van der Waals surface area contributed by atoms with Gasteiger partial charge in [0.2, 0.25) is 0 Å². The van der Waals surface area contributed by atoms with Crippen molar-refractivity contribution in [2.24, 2.45) is 0 Å². The molecule has 8 aromatic carbocycles. The van der Waals surface area contributed by atoms with E-state index < -0.39 is 0 Å². The third-order valence-electron chi connectivity index (χ3n) is 10.6. The largest absolute Gasteiger partial charge is 0.456 e. The van der Waals surface area contributed by atoms with E-state index in [9.17, 15) is 0 Å². The van der Waals surface area contributed by atoms with Gasteiger partial charge in [0.25, 0.3) is 0 Å². The van der Waals surface area contributed by atoms with Gasteiger partial charge in [-0.15, -0.1) is 0 Å². The predicted octanol–water partition coefficient (Wildman–Crippen LogP) is 13.3. The molecule has 1 aliphatic carbocycles. The molecule has 232 valence electrons. The molecule has 0 N–H and O–H groups in total. The molecule has 49 heavy (non-hydrogen) atoms. The minimum atomic E-state index is -0.0635. The number of benzene rings is 8. The average Bonchev–Trinajstić information content (AvgIpc) is 3.63. The molecule has 0 spiro atoms. The number of rotatable bonds is 4. The van der Waals surface area contributed by atoms with Gasteiger partial charge in [0.05, 0.1) is 5.69 Å². The van der Waals surface area contributed by atoms with Gasteiger partial charge in [-0.25, -0.2) is 0 Å². The molecule has 1 aliphatic rings. The van der Waals surface area contributed by atoms with E-state index in [-0.39, 0.29) is 5.41 Å². The first-order valence-electron chi connectivity index (χ1n) is 17.0. The lowest BCUT2D eigenvalue weighted by molar-refractivity contribution is 0.660. The lowest BCUT2D eigenvalue weighted by Gasteiger charge is -2.29. The zero-order valence-corrected chi connectivity index (χ0v) is 27.4. The summed E-state index contributed by atoms with van der Waals surface area (Å²) in [5, 5.41) is 7.15. The highest BCUT2D eigenvalue weighted by atomic mass is 16.3. The molecule has 0 saturated heterocycles.